The molecule has 0 bridgehead atoms. The van der Waals surface area contributed by atoms with Crippen LogP contribution >= 0.6 is 11.6 Å². The molecule has 0 amide bonds. The highest BCUT2D eigenvalue weighted by molar-refractivity contribution is 6.31. The van der Waals surface area contributed by atoms with E-state index >= 15 is 0 Å². The van der Waals surface area contributed by atoms with Gasteiger partial charge in [0, 0.05) is 0 Å². The summed E-state index contributed by atoms with van der Waals surface area (Å²) in [6.07, 6.45) is 3.26. The summed E-state index contributed by atoms with van der Waals surface area (Å²) in [5, 5.41) is 1.31. The number of rotatable bonds is 5. The van der Waals surface area contributed by atoms with Crippen LogP contribution in [0.2, 0.25) is 5.02 Å². The molecule has 0 nitrogen and oxygen atoms in total. The summed E-state index contributed by atoms with van der Waals surface area (Å²) in [5.74, 6) is -3.97. The zero-order valence-electron chi connectivity index (χ0n) is 16.8. The number of hydrogen-bond donors (Lipinski definition) is 0. The Kier molecular flexibility index (Phi) is 6.01. The van der Waals surface area contributed by atoms with Crippen LogP contribution in [-0.2, 0) is 6.42 Å². The fourth-order valence-electron chi connectivity index (χ4n) is 3.73. The first-order valence-corrected chi connectivity index (χ1v) is 10.4. The van der Waals surface area contributed by atoms with Crippen LogP contribution in [-0.4, -0.2) is 0 Å². The Morgan fingerprint density at radius 2 is 1.23 bits per heavy atom. The summed E-state index contributed by atoms with van der Waals surface area (Å²) in [4.78, 5) is 0. The molecule has 5 heteroatoms. The molecular weight excluding hydrogens is 424 g/mol. The summed E-state index contributed by atoms with van der Waals surface area (Å²) in [6, 6.07) is 15.8. The highest BCUT2D eigenvalue weighted by atomic mass is 35.5. The van der Waals surface area contributed by atoms with Crippen LogP contribution in [0.1, 0.15) is 25.3 Å². The van der Waals surface area contributed by atoms with Crippen molar-refractivity contribution in [3.63, 3.8) is 0 Å². The van der Waals surface area contributed by atoms with E-state index in [1.165, 1.54) is 17.7 Å². The van der Waals surface area contributed by atoms with E-state index in [-0.39, 0.29) is 5.56 Å². The predicted octanol–water partition coefficient (Wildman–Crippen LogP) is 8.73. The van der Waals surface area contributed by atoms with Gasteiger partial charge in [0.1, 0.15) is 28.3 Å². The van der Waals surface area contributed by atoms with Crippen molar-refractivity contribution >= 4 is 22.4 Å². The molecular formula is C26H19ClF4. The summed E-state index contributed by atoms with van der Waals surface area (Å²) >= 11 is 5.47. The van der Waals surface area contributed by atoms with Gasteiger partial charge in [-0.25, -0.2) is 17.6 Å². The van der Waals surface area contributed by atoms with E-state index in [1.807, 2.05) is 18.2 Å². The maximum atomic E-state index is 14.8. The Bertz CT molecular complexity index is 1230. The second-order valence-electron chi connectivity index (χ2n) is 7.57. The van der Waals surface area contributed by atoms with Crippen molar-refractivity contribution in [1.29, 1.82) is 0 Å². The average Bonchev–Trinajstić information content (AvgIpc) is 2.75. The SMILES string of the molecule is CCCCc1ccc2cc(-c3cc(F)c(-c4cc(F)c(Cl)c(F)c4)c(F)c3)ccc2c1. The van der Waals surface area contributed by atoms with E-state index in [1.54, 1.807) is 6.07 Å². The second kappa shape index (κ2) is 8.72. The summed E-state index contributed by atoms with van der Waals surface area (Å²) in [6.45, 7) is 2.15. The molecule has 4 aromatic carbocycles. The molecule has 0 aliphatic carbocycles. The number of unbranched alkanes of at least 4 members (excludes halogenated alkanes) is 1. The minimum atomic E-state index is -1.08. The van der Waals surface area contributed by atoms with Gasteiger partial charge in [-0.2, -0.15) is 0 Å². The fraction of sp³-hybridized carbons (Fsp3) is 0.154. The average molecular weight is 443 g/mol. The summed E-state index contributed by atoms with van der Waals surface area (Å²) in [5.41, 5.74) is 1.49. The lowest BCUT2D eigenvalue weighted by atomic mass is 9.96. The Labute approximate surface area is 183 Å². The molecule has 0 aliphatic rings. The summed E-state index contributed by atoms with van der Waals surface area (Å²) < 4.78 is 57.2. The molecule has 4 aromatic rings. The third kappa shape index (κ3) is 4.31. The molecule has 0 saturated carbocycles. The molecule has 31 heavy (non-hydrogen) atoms. The first-order chi connectivity index (χ1) is 14.9. The van der Waals surface area contributed by atoms with Crippen LogP contribution in [0.15, 0.2) is 60.7 Å². The van der Waals surface area contributed by atoms with Crippen molar-refractivity contribution in [1.82, 2.24) is 0 Å². The zero-order chi connectivity index (χ0) is 22.1. The van der Waals surface area contributed by atoms with Crippen molar-refractivity contribution in [3.8, 4) is 22.3 Å². The monoisotopic (exact) mass is 442 g/mol. The Morgan fingerprint density at radius 1 is 0.645 bits per heavy atom. The number of halogens is 5. The Hall–Kier alpha value is -2.85. The lowest BCUT2D eigenvalue weighted by Crippen LogP contribution is -1.95. The molecule has 4 rings (SSSR count). The molecule has 0 aliphatic heterocycles. The van der Waals surface area contributed by atoms with Crippen molar-refractivity contribution < 1.29 is 17.6 Å². The molecule has 0 heterocycles. The molecule has 0 saturated heterocycles. The molecule has 0 atom stereocenters. The summed E-state index contributed by atoms with van der Waals surface area (Å²) in [7, 11) is 0. The second-order valence-corrected chi connectivity index (χ2v) is 7.95. The minimum absolute atomic E-state index is 0.251. The van der Waals surface area contributed by atoms with Crippen LogP contribution in [0.5, 0.6) is 0 Å². The van der Waals surface area contributed by atoms with Gasteiger partial charge in [-0.05, 0) is 76.2 Å². The number of aryl methyl sites for hydroxylation is 1. The fourth-order valence-corrected chi connectivity index (χ4v) is 3.84. The van der Waals surface area contributed by atoms with Crippen LogP contribution in [0.3, 0.4) is 0 Å². The molecule has 0 N–H and O–H groups in total. The van der Waals surface area contributed by atoms with Gasteiger partial charge >= 0.3 is 0 Å². The highest BCUT2D eigenvalue weighted by Crippen LogP contribution is 2.34. The van der Waals surface area contributed by atoms with E-state index in [9.17, 15) is 17.6 Å². The van der Waals surface area contributed by atoms with E-state index in [0.717, 1.165) is 42.2 Å². The van der Waals surface area contributed by atoms with Crippen LogP contribution < -0.4 is 0 Å². The first kappa shape index (κ1) is 21.4. The lowest BCUT2D eigenvalue weighted by molar-refractivity contribution is 0.579. The maximum absolute atomic E-state index is 14.8. The van der Waals surface area contributed by atoms with Gasteiger partial charge in [0.2, 0.25) is 0 Å². The van der Waals surface area contributed by atoms with Gasteiger partial charge in [-0.1, -0.05) is 55.3 Å². The first-order valence-electron chi connectivity index (χ1n) is 10.0. The third-order valence-corrected chi connectivity index (χ3v) is 5.73. The zero-order valence-corrected chi connectivity index (χ0v) is 17.5. The van der Waals surface area contributed by atoms with Crippen LogP contribution in [0.25, 0.3) is 33.0 Å². The van der Waals surface area contributed by atoms with Gasteiger partial charge in [0.15, 0.2) is 0 Å². The third-order valence-electron chi connectivity index (χ3n) is 5.37. The normalized spacial score (nSPS) is 11.3. The number of benzene rings is 4. The van der Waals surface area contributed by atoms with Gasteiger partial charge in [0.25, 0.3) is 0 Å². The highest BCUT2D eigenvalue weighted by Gasteiger charge is 2.18. The largest absolute Gasteiger partial charge is 0.206 e. The van der Waals surface area contributed by atoms with Crippen LogP contribution in [0, 0.1) is 23.3 Å². The smallest absolute Gasteiger partial charge is 0.145 e. The molecule has 0 aromatic heterocycles. The van der Waals surface area contributed by atoms with Gasteiger partial charge in [0.05, 0.1) is 5.56 Å². The molecule has 158 valence electrons. The van der Waals surface area contributed by atoms with E-state index in [4.69, 9.17) is 11.6 Å². The quantitative estimate of drug-likeness (QED) is 0.214. The molecule has 0 spiro atoms. The molecule has 0 radical (unpaired) electrons. The minimum Gasteiger partial charge on any atom is -0.206 e. The van der Waals surface area contributed by atoms with Gasteiger partial charge in [-0.15, -0.1) is 0 Å². The maximum Gasteiger partial charge on any atom is 0.145 e. The topological polar surface area (TPSA) is 0 Å². The van der Waals surface area contributed by atoms with Crippen LogP contribution in [0.4, 0.5) is 17.6 Å². The number of fused-ring (bicyclic) bond motifs is 1. The standard InChI is InChI=1S/C26H19ClF4/c1-2-3-4-15-5-6-17-10-18(8-7-16(17)9-15)19-11-21(28)25(22(29)12-19)20-13-23(30)26(27)24(31)14-20/h5-14H,2-4H2,1H3. The van der Waals surface area contributed by atoms with E-state index in [0.29, 0.717) is 11.1 Å². The molecule has 0 unspecified atom stereocenters. The van der Waals surface area contributed by atoms with E-state index < -0.39 is 33.9 Å². The lowest BCUT2D eigenvalue weighted by Gasteiger charge is -2.11. The van der Waals surface area contributed by atoms with E-state index in [2.05, 4.69) is 19.1 Å². The van der Waals surface area contributed by atoms with Crippen molar-refractivity contribution in [3.05, 3.63) is 94.5 Å². The van der Waals surface area contributed by atoms with Crippen molar-refractivity contribution in [2.24, 2.45) is 0 Å². The predicted molar refractivity (Wildman–Crippen MR) is 118 cm³/mol. The van der Waals surface area contributed by atoms with Gasteiger partial charge < -0.3 is 0 Å². The number of hydrogen-bond acceptors (Lipinski definition) is 0. The molecule has 0 fully saturated rings. The Morgan fingerprint density at radius 3 is 1.87 bits per heavy atom. The van der Waals surface area contributed by atoms with Gasteiger partial charge in [-0.3, -0.25) is 0 Å². The Balaban J connectivity index is 1.73. The van der Waals surface area contributed by atoms with Crippen molar-refractivity contribution in [2.75, 3.05) is 0 Å². The van der Waals surface area contributed by atoms with Crippen molar-refractivity contribution in [2.45, 2.75) is 26.2 Å².